The number of nitrogens with one attached hydrogen (secondary N) is 1. The van der Waals surface area contributed by atoms with Crippen molar-refractivity contribution >= 4 is 0 Å². The fourth-order valence-electron chi connectivity index (χ4n) is 2.32. The van der Waals surface area contributed by atoms with E-state index in [0.29, 0.717) is 5.56 Å². The van der Waals surface area contributed by atoms with Gasteiger partial charge in [0.1, 0.15) is 5.82 Å². The Bertz CT molecular complexity index is 581. The molecule has 3 heteroatoms. The summed E-state index contributed by atoms with van der Waals surface area (Å²) >= 11 is 0. The van der Waals surface area contributed by atoms with Crippen molar-refractivity contribution in [3.63, 3.8) is 0 Å². The molecule has 0 fully saturated rings. The van der Waals surface area contributed by atoms with Gasteiger partial charge in [-0.2, -0.15) is 0 Å². The first kappa shape index (κ1) is 14.7. The monoisotopic (exact) mass is 272 g/mol. The van der Waals surface area contributed by atoms with Gasteiger partial charge in [-0.1, -0.05) is 30.7 Å². The molecule has 1 aromatic carbocycles. The maximum absolute atomic E-state index is 14.2. The number of nitrogens with zero attached hydrogens (tertiary/aromatic N) is 1. The minimum absolute atomic E-state index is 0.151. The molecule has 1 unspecified atom stereocenters. The van der Waals surface area contributed by atoms with Crippen molar-refractivity contribution in [2.24, 2.45) is 0 Å². The molecule has 0 saturated heterocycles. The van der Waals surface area contributed by atoms with Crippen LogP contribution in [-0.2, 0) is 0 Å². The summed E-state index contributed by atoms with van der Waals surface area (Å²) in [7, 11) is 0. The number of benzene rings is 1. The first-order valence-corrected chi connectivity index (χ1v) is 7.02. The number of hydrogen-bond donors (Lipinski definition) is 1. The zero-order valence-electron chi connectivity index (χ0n) is 12.3. The highest BCUT2D eigenvalue weighted by Gasteiger charge is 2.17. The summed E-state index contributed by atoms with van der Waals surface area (Å²) in [5, 5.41) is 3.42. The van der Waals surface area contributed by atoms with Gasteiger partial charge in [-0.3, -0.25) is 4.98 Å². The van der Waals surface area contributed by atoms with Crippen LogP contribution >= 0.6 is 0 Å². The third-order valence-corrected chi connectivity index (χ3v) is 3.29. The van der Waals surface area contributed by atoms with Crippen molar-refractivity contribution in [1.82, 2.24) is 10.3 Å². The number of pyridine rings is 1. The van der Waals surface area contributed by atoms with Crippen LogP contribution in [0.25, 0.3) is 0 Å². The second-order valence-corrected chi connectivity index (χ2v) is 5.21. The average molecular weight is 272 g/mol. The molecule has 0 bridgehead atoms. The normalized spacial score (nSPS) is 12.4. The summed E-state index contributed by atoms with van der Waals surface area (Å²) in [5.41, 5.74) is 3.83. The van der Waals surface area contributed by atoms with Gasteiger partial charge in [0.2, 0.25) is 0 Å². The fourth-order valence-corrected chi connectivity index (χ4v) is 2.32. The number of hydrogen-bond acceptors (Lipinski definition) is 2. The summed E-state index contributed by atoms with van der Waals surface area (Å²) in [4.78, 5) is 4.23. The third kappa shape index (κ3) is 3.42. The lowest BCUT2D eigenvalue weighted by Crippen LogP contribution is -2.24. The van der Waals surface area contributed by atoms with Gasteiger partial charge in [-0.15, -0.1) is 0 Å². The maximum Gasteiger partial charge on any atom is 0.128 e. The Labute approximate surface area is 120 Å². The summed E-state index contributed by atoms with van der Waals surface area (Å²) in [6.07, 6.45) is 4.62. The number of halogens is 1. The van der Waals surface area contributed by atoms with Crippen LogP contribution in [-0.4, -0.2) is 11.5 Å². The standard InChI is InChI=1S/C17H21FN2/c1-4-7-20-17(14-8-13(3)10-19-11-14)15-9-12(2)5-6-16(15)18/h5-6,8-11,17,20H,4,7H2,1-3H3. The summed E-state index contributed by atoms with van der Waals surface area (Å²) in [5.74, 6) is -0.175. The molecule has 2 rings (SSSR count). The Kier molecular flexibility index (Phi) is 4.85. The molecular weight excluding hydrogens is 251 g/mol. The van der Waals surface area contributed by atoms with Crippen molar-refractivity contribution in [3.05, 3.63) is 64.7 Å². The van der Waals surface area contributed by atoms with E-state index in [1.54, 1.807) is 6.07 Å². The van der Waals surface area contributed by atoms with Crippen molar-refractivity contribution in [2.75, 3.05) is 6.54 Å². The molecule has 0 aliphatic rings. The Hall–Kier alpha value is -1.74. The molecule has 0 amide bonds. The minimum atomic E-state index is -0.175. The molecule has 20 heavy (non-hydrogen) atoms. The smallest absolute Gasteiger partial charge is 0.128 e. The van der Waals surface area contributed by atoms with Crippen LogP contribution in [0.5, 0.6) is 0 Å². The molecule has 1 atom stereocenters. The lowest BCUT2D eigenvalue weighted by molar-refractivity contribution is 0.545. The van der Waals surface area contributed by atoms with Crippen LogP contribution in [0.3, 0.4) is 0 Å². The molecule has 0 saturated carbocycles. The highest BCUT2D eigenvalue weighted by atomic mass is 19.1. The van der Waals surface area contributed by atoms with E-state index in [0.717, 1.165) is 29.7 Å². The molecule has 0 aliphatic carbocycles. The fraction of sp³-hybridized carbons (Fsp3) is 0.353. The van der Waals surface area contributed by atoms with Crippen molar-refractivity contribution in [3.8, 4) is 0 Å². The van der Waals surface area contributed by atoms with Crippen molar-refractivity contribution in [1.29, 1.82) is 0 Å². The van der Waals surface area contributed by atoms with Crippen LogP contribution in [0, 0.1) is 19.7 Å². The Morgan fingerprint density at radius 2 is 1.95 bits per heavy atom. The predicted octanol–water partition coefficient (Wildman–Crippen LogP) is 3.93. The molecule has 0 radical (unpaired) electrons. The van der Waals surface area contributed by atoms with Gasteiger partial charge >= 0.3 is 0 Å². The number of rotatable bonds is 5. The highest BCUT2D eigenvalue weighted by molar-refractivity contribution is 5.35. The second-order valence-electron chi connectivity index (χ2n) is 5.21. The van der Waals surface area contributed by atoms with E-state index in [4.69, 9.17) is 0 Å². The van der Waals surface area contributed by atoms with Gasteiger partial charge in [-0.05, 0) is 44.0 Å². The molecular formula is C17H21FN2. The molecule has 1 heterocycles. The van der Waals surface area contributed by atoms with E-state index < -0.39 is 0 Å². The van der Waals surface area contributed by atoms with E-state index in [9.17, 15) is 4.39 Å². The van der Waals surface area contributed by atoms with E-state index in [1.165, 1.54) is 6.07 Å². The van der Waals surface area contributed by atoms with E-state index in [1.807, 2.05) is 32.3 Å². The number of aryl methyl sites for hydroxylation is 2. The van der Waals surface area contributed by atoms with E-state index in [-0.39, 0.29) is 11.9 Å². The first-order valence-electron chi connectivity index (χ1n) is 7.02. The largest absolute Gasteiger partial charge is 0.306 e. The van der Waals surface area contributed by atoms with Crippen LogP contribution < -0.4 is 5.32 Å². The minimum Gasteiger partial charge on any atom is -0.306 e. The molecule has 106 valence electrons. The molecule has 0 spiro atoms. The van der Waals surface area contributed by atoms with E-state index >= 15 is 0 Å². The third-order valence-electron chi connectivity index (χ3n) is 3.29. The van der Waals surface area contributed by atoms with Gasteiger partial charge < -0.3 is 5.32 Å². The SMILES string of the molecule is CCCNC(c1cncc(C)c1)c1cc(C)ccc1F. The van der Waals surface area contributed by atoms with Crippen molar-refractivity contribution in [2.45, 2.75) is 33.2 Å². The number of aromatic nitrogens is 1. The maximum atomic E-state index is 14.2. The van der Waals surface area contributed by atoms with Gasteiger partial charge in [0.05, 0.1) is 6.04 Å². The lowest BCUT2D eigenvalue weighted by atomic mass is 9.97. The Balaban J connectivity index is 2.44. The summed E-state index contributed by atoms with van der Waals surface area (Å²) in [6, 6.07) is 7.15. The average Bonchev–Trinajstić information content (AvgIpc) is 2.43. The van der Waals surface area contributed by atoms with Crippen LogP contribution in [0.4, 0.5) is 4.39 Å². The van der Waals surface area contributed by atoms with E-state index in [2.05, 4.69) is 23.3 Å². The lowest BCUT2D eigenvalue weighted by Gasteiger charge is -2.20. The zero-order valence-corrected chi connectivity index (χ0v) is 12.3. The topological polar surface area (TPSA) is 24.9 Å². The van der Waals surface area contributed by atoms with Crippen LogP contribution in [0.15, 0.2) is 36.7 Å². The predicted molar refractivity (Wildman–Crippen MR) is 80.2 cm³/mol. The molecule has 0 aliphatic heterocycles. The summed E-state index contributed by atoms with van der Waals surface area (Å²) in [6.45, 7) is 6.92. The highest BCUT2D eigenvalue weighted by Crippen LogP contribution is 2.25. The molecule has 1 N–H and O–H groups in total. The Morgan fingerprint density at radius 1 is 1.15 bits per heavy atom. The summed E-state index contributed by atoms with van der Waals surface area (Å²) < 4.78 is 14.2. The van der Waals surface area contributed by atoms with Crippen LogP contribution in [0.2, 0.25) is 0 Å². The molecule has 2 nitrogen and oxygen atoms in total. The van der Waals surface area contributed by atoms with Gasteiger partial charge in [0.15, 0.2) is 0 Å². The zero-order chi connectivity index (χ0) is 14.5. The Morgan fingerprint density at radius 3 is 2.65 bits per heavy atom. The van der Waals surface area contributed by atoms with Crippen LogP contribution in [0.1, 0.15) is 41.6 Å². The van der Waals surface area contributed by atoms with Crippen molar-refractivity contribution < 1.29 is 4.39 Å². The molecule has 1 aromatic heterocycles. The first-order chi connectivity index (χ1) is 9.61. The second kappa shape index (κ2) is 6.62. The molecule has 2 aromatic rings. The van der Waals surface area contributed by atoms with Gasteiger partial charge in [-0.25, -0.2) is 4.39 Å². The van der Waals surface area contributed by atoms with Gasteiger partial charge in [0, 0.05) is 18.0 Å². The van der Waals surface area contributed by atoms with Gasteiger partial charge in [0.25, 0.3) is 0 Å². The quantitative estimate of drug-likeness (QED) is 0.892.